The summed E-state index contributed by atoms with van der Waals surface area (Å²) in [4.78, 5) is 49.7. The van der Waals surface area contributed by atoms with E-state index in [1.165, 1.54) is 30.3 Å². The van der Waals surface area contributed by atoms with E-state index in [9.17, 15) is 28.7 Å². The van der Waals surface area contributed by atoms with Crippen molar-refractivity contribution in [1.82, 2.24) is 10.2 Å². The molecule has 174 valence electrons. The summed E-state index contributed by atoms with van der Waals surface area (Å²) in [5.74, 6) is -2.91. The standard InChI is InChI=1S/C23H24FN3O6/c1-2-33-22(31)14-6-5-7-15(12-14)26-23(32)25-13-20(28)27-18(10-11-19(27)21(29)30)16-8-3-4-9-17(16)24/h3-9,12,18-19H,2,10-11,13H2,1H3,(H,29,30)(H2,25,26,32)/t18?,19-/m0/s1. The molecule has 3 N–H and O–H groups in total. The summed E-state index contributed by atoms with van der Waals surface area (Å²) in [7, 11) is 0. The lowest BCUT2D eigenvalue weighted by Gasteiger charge is -2.29. The zero-order valence-corrected chi connectivity index (χ0v) is 17.9. The number of carbonyl (C=O) groups excluding carboxylic acids is 3. The highest BCUT2D eigenvalue weighted by molar-refractivity contribution is 5.95. The Hall–Kier alpha value is -3.95. The van der Waals surface area contributed by atoms with Crippen LogP contribution in [0, 0.1) is 5.82 Å². The summed E-state index contributed by atoms with van der Waals surface area (Å²) in [6.45, 7) is 1.40. The van der Waals surface area contributed by atoms with E-state index >= 15 is 0 Å². The van der Waals surface area contributed by atoms with Crippen LogP contribution >= 0.6 is 0 Å². The van der Waals surface area contributed by atoms with E-state index in [0.717, 1.165) is 4.90 Å². The van der Waals surface area contributed by atoms with Gasteiger partial charge in [0.15, 0.2) is 0 Å². The average molecular weight is 457 g/mol. The number of halogens is 1. The first-order valence-corrected chi connectivity index (χ1v) is 10.4. The van der Waals surface area contributed by atoms with Gasteiger partial charge in [-0.15, -0.1) is 0 Å². The zero-order chi connectivity index (χ0) is 24.0. The maximum atomic E-state index is 14.3. The molecule has 1 unspecified atom stereocenters. The molecule has 3 rings (SSSR count). The fourth-order valence-electron chi connectivity index (χ4n) is 3.81. The largest absolute Gasteiger partial charge is 0.480 e. The summed E-state index contributed by atoms with van der Waals surface area (Å²) in [5.41, 5.74) is 0.786. The van der Waals surface area contributed by atoms with Gasteiger partial charge in [0, 0.05) is 11.3 Å². The number of nitrogens with one attached hydrogen (secondary N) is 2. The number of anilines is 1. The van der Waals surface area contributed by atoms with Crippen LogP contribution in [-0.2, 0) is 14.3 Å². The molecule has 0 aliphatic carbocycles. The summed E-state index contributed by atoms with van der Waals surface area (Å²) in [5, 5.41) is 14.4. The molecule has 33 heavy (non-hydrogen) atoms. The summed E-state index contributed by atoms with van der Waals surface area (Å²) < 4.78 is 19.2. The van der Waals surface area contributed by atoms with Crippen molar-refractivity contribution in [1.29, 1.82) is 0 Å². The minimum absolute atomic E-state index is 0.174. The number of hydrogen-bond acceptors (Lipinski definition) is 5. The lowest BCUT2D eigenvalue weighted by molar-refractivity contribution is -0.149. The van der Waals surface area contributed by atoms with Crippen molar-refractivity contribution in [2.24, 2.45) is 0 Å². The number of nitrogens with zero attached hydrogens (tertiary/aromatic N) is 1. The van der Waals surface area contributed by atoms with Crippen LogP contribution in [0.2, 0.25) is 0 Å². The second-order valence-corrected chi connectivity index (χ2v) is 7.38. The topological polar surface area (TPSA) is 125 Å². The predicted molar refractivity (Wildman–Crippen MR) is 116 cm³/mol. The van der Waals surface area contributed by atoms with Gasteiger partial charge in [0.2, 0.25) is 5.91 Å². The highest BCUT2D eigenvalue weighted by Gasteiger charge is 2.42. The molecule has 1 saturated heterocycles. The van der Waals surface area contributed by atoms with Crippen molar-refractivity contribution in [3.05, 3.63) is 65.5 Å². The van der Waals surface area contributed by atoms with Crippen LogP contribution in [0.25, 0.3) is 0 Å². The molecule has 0 aromatic heterocycles. The van der Waals surface area contributed by atoms with E-state index in [-0.39, 0.29) is 30.6 Å². The number of ether oxygens (including phenoxy) is 1. The van der Waals surface area contributed by atoms with Gasteiger partial charge in [-0.3, -0.25) is 4.79 Å². The summed E-state index contributed by atoms with van der Waals surface area (Å²) in [6, 6.07) is 9.39. The van der Waals surface area contributed by atoms with Crippen LogP contribution in [0.3, 0.4) is 0 Å². The van der Waals surface area contributed by atoms with Crippen LogP contribution in [0.5, 0.6) is 0 Å². The molecule has 2 aromatic rings. The highest BCUT2D eigenvalue weighted by Crippen LogP contribution is 2.37. The van der Waals surface area contributed by atoms with Gasteiger partial charge in [0.25, 0.3) is 0 Å². The van der Waals surface area contributed by atoms with Crippen LogP contribution in [0.1, 0.15) is 41.7 Å². The SMILES string of the molecule is CCOC(=O)c1cccc(NC(=O)NCC(=O)N2C(c3ccccc3F)CC[C@H]2C(=O)O)c1. The van der Waals surface area contributed by atoms with Gasteiger partial charge in [-0.1, -0.05) is 24.3 Å². The molecule has 2 aromatic carbocycles. The van der Waals surface area contributed by atoms with E-state index in [2.05, 4.69) is 10.6 Å². The van der Waals surface area contributed by atoms with Gasteiger partial charge >= 0.3 is 18.0 Å². The first-order chi connectivity index (χ1) is 15.8. The van der Waals surface area contributed by atoms with E-state index in [4.69, 9.17) is 4.74 Å². The lowest BCUT2D eigenvalue weighted by atomic mass is 10.0. The second kappa shape index (κ2) is 10.6. The molecule has 3 amide bonds. The Bertz CT molecular complexity index is 1060. The Morgan fingerprint density at radius 2 is 1.88 bits per heavy atom. The molecule has 0 saturated carbocycles. The Kier molecular flexibility index (Phi) is 7.60. The Morgan fingerprint density at radius 1 is 1.12 bits per heavy atom. The molecular weight excluding hydrogens is 433 g/mol. The third kappa shape index (κ3) is 5.65. The normalized spacial score (nSPS) is 17.3. The van der Waals surface area contributed by atoms with E-state index < -0.39 is 48.3 Å². The number of carbonyl (C=O) groups is 4. The number of urea groups is 1. The molecule has 1 fully saturated rings. The fraction of sp³-hybridized carbons (Fsp3) is 0.304. The number of amides is 3. The molecular formula is C23H24FN3O6. The molecule has 2 atom stereocenters. The molecule has 10 heteroatoms. The smallest absolute Gasteiger partial charge is 0.338 e. The zero-order valence-electron chi connectivity index (χ0n) is 17.9. The molecule has 0 spiro atoms. The van der Waals surface area contributed by atoms with Crippen LogP contribution in [0.4, 0.5) is 14.9 Å². The van der Waals surface area contributed by atoms with Crippen molar-refractivity contribution in [3.63, 3.8) is 0 Å². The number of carboxylic acid groups (broad SMARTS) is 1. The number of likely N-dealkylation sites (tertiary alicyclic amines) is 1. The monoisotopic (exact) mass is 457 g/mol. The maximum absolute atomic E-state index is 14.3. The average Bonchev–Trinajstić information content (AvgIpc) is 3.23. The number of hydrogen-bond donors (Lipinski definition) is 3. The van der Waals surface area contributed by atoms with Crippen LogP contribution in [-0.4, -0.2) is 53.1 Å². The molecule has 0 bridgehead atoms. The Morgan fingerprint density at radius 3 is 2.58 bits per heavy atom. The van der Waals surface area contributed by atoms with Gasteiger partial charge in [-0.25, -0.2) is 18.8 Å². The molecule has 1 heterocycles. The van der Waals surface area contributed by atoms with Crippen molar-refractivity contribution in [2.45, 2.75) is 31.8 Å². The fourth-order valence-corrected chi connectivity index (χ4v) is 3.81. The quantitative estimate of drug-likeness (QED) is 0.549. The van der Waals surface area contributed by atoms with Gasteiger partial charge in [0.05, 0.1) is 24.8 Å². The Labute approximate surface area is 189 Å². The van der Waals surface area contributed by atoms with Crippen LogP contribution < -0.4 is 10.6 Å². The third-order valence-corrected chi connectivity index (χ3v) is 5.25. The lowest BCUT2D eigenvalue weighted by Crippen LogP contribution is -2.47. The van der Waals surface area contributed by atoms with Crippen molar-refractivity contribution in [3.8, 4) is 0 Å². The third-order valence-electron chi connectivity index (χ3n) is 5.25. The van der Waals surface area contributed by atoms with E-state index in [0.29, 0.717) is 5.69 Å². The van der Waals surface area contributed by atoms with Crippen molar-refractivity contribution < 1.29 is 33.4 Å². The first kappa shape index (κ1) is 23.7. The van der Waals surface area contributed by atoms with Crippen LogP contribution in [0.15, 0.2) is 48.5 Å². The molecule has 1 aliphatic heterocycles. The minimum Gasteiger partial charge on any atom is -0.480 e. The predicted octanol–water partition coefficient (Wildman–Crippen LogP) is 2.94. The summed E-state index contributed by atoms with van der Waals surface area (Å²) in [6.07, 6.45) is 0.462. The number of aliphatic carboxylic acids is 1. The van der Waals surface area contributed by atoms with Crippen molar-refractivity contribution >= 4 is 29.6 Å². The number of rotatable bonds is 7. The summed E-state index contributed by atoms with van der Waals surface area (Å²) >= 11 is 0. The van der Waals surface area contributed by atoms with Gasteiger partial charge < -0.3 is 25.4 Å². The van der Waals surface area contributed by atoms with E-state index in [1.54, 1.807) is 25.1 Å². The number of carboxylic acids is 1. The number of esters is 1. The molecule has 9 nitrogen and oxygen atoms in total. The molecule has 0 radical (unpaired) electrons. The first-order valence-electron chi connectivity index (χ1n) is 10.4. The highest BCUT2D eigenvalue weighted by atomic mass is 19.1. The molecule has 1 aliphatic rings. The van der Waals surface area contributed by atoms with Gasteiger partial charge in [-0.2, -0.15) is 0 Å². The Balaban J connectivity index is 1.66. The maximum Gasteiger partial charge on any atom is 0.338 e. The van der Waals surface area contributed by atoms with E-state index in [1.807, 2.05) is 0 Å². The van der Waals surface area contributed by atoms with Gasteiger partial charge in [0.1, 0.15) is 11.9 Å². The second-order valence-electron chi connectivity index (χ2n) is 7.38. The van der Waals surface area contributed by atoms with Crippen molar-refractivity contribution in [2.75, 3.05) is 18.5 Å². The number of benzene rings is 2. The van der Waals surface area contributed by atoms with Gasteiger partial charge in [-0.05, 0) is 44.0 Å². The minimum atomic E-state index is -1.19.